The molecule has 1 aromatic carbocycles. The van der Waals surface area contributed by atoms with Gasteiger partial charge in [-0.1, -0.05) is 19.3 Å². The van der Waals surface area contributed by atoms with Gasteiger partial charge in [-0.15, -0.1) is 0 Å². The quantitative estimate of drug-likeness (QED) is 0.815. The van der Waals surface area contributed by atoms with E-state index in [4.69, 9.17) is 9.88 Å². The number of esters is 1. The SMILES string of the molecule is NS(=O)(=O)c1ccc(Br)c(C(=O)OCCC2CCC2)c1. The summed E-state index contributed by atoms with van der Waals surface area (Å²) < 4.78 is 28.2. The summed E-state index contributed by atoms with van der Waals surface area (Å²) in [4.78, 5) is 11.8. The average Bonchev–Trinajstić information content (AvgIpc) is 2.31. The number of primary sulfonamides is 1. The molecule has 2 rings (SSSR count). The summed E-state index contributed by atoms with van der Waals surface area (Å²) in [5.74, 6) is 0.115. The summed E-state index contributed by atoms with van der Waals surface area (Å²) in [6, 6.07) is 4.04. The van der Waals surface area contributed by atoms with Crippen molar-refractivity contribution in [2.45, 2.75) is 30.6 Å². The Morgan fingerprint density at radius 3 is 2.65 bits per heavy atom. The maximum absolute atomic E-state index is 11.9. The number of carbonyl (C=O) groups is 1. The van der Waals surface area contributed by atoms with E-state index in [0.717, 1.165) is 6.42 Å². The first kappa shape index (κ1) is 15.5. The summed E-state index contributed by atoms with van der Waals surface area (Å²) in [6.07, 6.45) is 4.50. The van der Waals surface area contributed by atoms with Gasteiger partial charge in [-0.25, -0.2) is 18.4 Å². The molecule has 0 saturated heterocycles. The van der Waals surface area contributed by atoms with E-state index in [1.807, 2.05) is 0 Å². The Kier molecular flexibility index (Phi) is 4.82. The van der Waals surface area contributed by atoms with Crippen LogP contribution in [0.2, 0.25) is 0 Å². The van der Waals surface area contributed by atoms with Crippen LogP contribution in [0.15, 0.2) is 27.6 Å². The number of rotatable bonds is 5. The lowest BCUT2D eigenvalue weighted by molar-refractivity contribution is 0.0463. The number of benzene rings is 1. The highest BCUT2D eigenvalue weighted by atomic mass is 79.9. The van der Waals surface area contributed by atoms with Gasteiger partial charge >= 0.3 is 5.97 Å². The van der Waals surface area contributed by atoms with Crippen LogP contribution in [-0.4, -0.2) is 21.0 Å². The molecule has 7 heteroatoms. The molecule has 0 spiro atoms. The summed E-state index contributed by atoms with van der Waals surface area (Å²) in [5, 5.41) is 5.05. The molecule has 0 heterocycles. The fraction of sp³-hybridized carbons (Fsp3) is 0.462. The Morgan fingerprint density at radius 1 is 1.40 bits per heavy atom. The standard InChI is InChI=1S/C13H16BrNO4S/c14-12-5-4-10(20(15,17)18)8-11(12)13(16)19-7-6-9-2-1-3-9/h4-5,8-9H,1-3,6-7H2,(H2,15,17,18). The van der Waals surface area contributed by atoms with Crippen LogP contribution in [0, 0.1) is 5.92 Å². The number of sulfonamides is 1. The van der Waals surface area contributed by atoms with Crippen LogP contribution >= 0.6 is 15.9 Å². The maximum atomic E-state index is 11.9. The van der Waals surface area contributed by atoms with E-state index in [1.54, 1.807) is 0 Å². The van der Waals surface area contributed by atoms with Crippen LogP contribution in [0.1, 0.15) is 36.0 Å². The Bertz CT molecular complexity index is 611. The van der Waals surface area contributed by atoms with Crippen molar-refractivity contribution >= 4 is 31.9 Å². The van der Waals surface area contributed by atoms with Crippen LogP contribution in [-0.2, 0) is 14.8 Å². The van der Waals surface area contributed by atoms with Crippen molar-refractivity contribution in [3.8, 4) is 0 Å². The van der Waals surface area contributed by atoms with Crippen LogP contribution in [0.5, 0.6) is 0 Å². The lowest BCUT2D eigenvalue weighted by Crippen LogP contribution is -2.17. The Morgan fingerprint density at radius 2 is 2.10 bits per heavy atom. The smallest absolute Gasteiger partial charge is 0.339 e. The Balaban J connectivity index is 2.04. The van der Waals surface area contributed by atoms with Crippen molar-refractivity contribution in [2.75, 3.05) is 6.61 Å². The van der Waals surface area contributed by atoms with Crippen molar-refractivity contribution in [3.05, 3.63) is 28.2 Å². The van der Waals surface area contributed by atoms with Crippen LogP contribution < -0.4 is 5.14 Å². The lowest BCUT2D eigenvalue weighted by Gasteiger charge is -2.24. The maximum Gasteiger partial charge on any atom is 0.339 e. The normalized spacial score (nSPS) is 15.7. The molecule has 1 saturated carbocycles. The van der Waals surface area contributed by atoms with Gasteiger partial charge in [0, 0.05) is 4.47 Å². The Labute approximate surface area is 126 Å². The summed E-state index contributed by atoms with van der Waals surface area (Å²) in [7, 11) is -3.83. The molecule has 1 aliphatic rings. The molecule has 20 heavy (non-hydrogen) atoms. The van der Waals surface area contributed by atoms with Gasteiger partial charge in [0.2, 0.25) is 10.0 Å². The first-order chi connectivity index (χ1) is 9.38. The minimum absolute atomic E-state index is 0.105. The summed E-state index contributed by atoms with van der Waals surface area (Å²) in [6.45, 7) is 0.357. The topological polar surface area (TPSA) is 86.5 Å². The van der Waals surface area contributed by atoms with Crippen molar-refractivity contribution in [1.29, 1.82) is 0 Å². The molecule has 2 N–H and O–H groups in total. The zero-order valence-electron chi connectivity index (χ0n) is 10.8. The predicted molar refractivity (Wildman–Crippen MR) is 77.8 cm³/mol. The van der Waals surface area contributed by atoms with E-state index >= 15 is 0 Å². The lowest BCUT2D eigenvalue weighted by atomic mass is 9.83. The van der Waals surface area contributed by atoms with Crippen LogP contribution in [0.3, 0.4) is 0 Å². The zero-order valence-corrected chi connectivity index (χ0v) is 13.2. The molecular formula is C13H16BrNO4S. The third-order valence-electron chi connectivity index (χ3n) is 3.47. The molecule has 0 radical (unpaired) electrons. The number of nitrogens with two attached hydrogens (primary N) is 1. The van der Waals surface area contributed by atoms with E-state index in [2.05, 4.69) is 15.9 Å². The highest BCUT2D eigenvalue weighted by Gasteiger charge is 2.19. The number of carbonyl (C=O) groups excluding carboxylic acids is 1. The van der Waals surface area contributed by atoms with Gasteiger partial charge in [0.1, 0.15) is 0 Å². The zero-order chi connectivity index (χ0) is 14.8. The number of halogens is 1. The van der Waals surface area contributed by atoms with Crippen molar-refractivity contribution in [3.63, 3.8) is 0 Å². The first-order valence-electron chi connectivity index (χ1n) is 6.37. The number of hydrogen-bond donors (Lipinski definition) is 1. The van der Waals surface area contributed by atoms with Gasteiger partial charge < -0.3 is 4.74 Å². The highest BCUT2D eigenvalue weighted by molar-refractivity contribution is 9.10. The van der Waals surface area contributed by atoms with Gasteiger partial charge in [-0.2, -0.15) is 0 Å². The van der Waals surface area contributed by atoms with Crippen molar-refractivity contribution < 1.29 is 17.9 Å². The third kappa shape index (κ3) is 3.80. The van der Waals surface area contributed by atoms with E-state index in [-0.39, 0.29) is 10.5 Å². The van der Waals surface area contributed by atoms with E-state index in [0.29, 0.717) is 17.0 Å². The Hall–Kier alpha value is -0.920. The summed E-state index contributed by atoms with van der Waals surface area (Å²) in [5.41, 5.74) is 0.171. The van der Waals surface area contributed by atoms with Crippen molar-refractivity contribution in [1.82, 2.24) is 0 Å². The molecule has 0 unspecified atom stereocenters. The van der Waals surface area contributed by atoms with Gasteiger partial charge in [0.05, 0.1) is 17.1 Å². The molecule has 0 amide bonds. The van der Waals surface area contributed by atoms with Crippen LogP contribution in [0.25, 0.3) is 0 Å². The predicted octanol–water partition coefficient (Wildman–Crippen LogP) is 2.44. The first-order valence-corrected chi connectivity index (χ1v) is 8.71. The van der Waals surface area contributed by atoms with Gasteiger partial charge in [-0.05, 0) is 46.5 Å². The van der Waals surface area contributed by atoms with Gasteiger partial charge in [-0.3, -0.25) is 0 Å². The minimum atomic E-state index is -3.83. The largest absolute Gasteiger partial charge is 0.462 e. The molecule has 5 nitrogen and oxygen atoms in total. The summed E-state index contributed by atoms with van der Waals surface area (Å²) >= 11 is 3.21. The van der Waals surface area contributed by atoms with Gasteiger partial charge in [0.25, 0.3) is 0 Å². The third-order valence-corrected chi connectivity index (χ3v) is 5.07. The highest BCUT2D eigenvalue weighted by Crippen LogP contribution is 2.29. The average molecular weight is 362 g/mol. The molecule has 0 atom stereocenters. The fourth-order valence-electron chi connectivity index (χ4n) is 2.02. The molecule has 1 fully saturated rings. The number of hydrogen-bond acceptors (Lipinski definition) is 4. The molecule has 0 aromatic heterocycles. The van der Waals surface area contributed by atoms with E-state index < -0.39 is 16.0 Å². The molecular weight excluding hydrogens is 346 g/mol. The van der Waals surface area contributed by atoms with Crippen LogP contribution in [0.4, 0.5) is 0 Å². The molecule has 1 aromatic rings. The van der Waals surface area contributed by atoms with E-state index in [1.165, 1.54) is 37.5 Å². The second-order valence-electron chi connectivity index (χ2n) is 4.91. The molecule has 0 bridgehead atoms. The fourth-order valence-corrected chi connectivity index (χ4v) is 2.96. The minimum Gasteiger partial charge on any atom is -0.462 e. The second-order valence-corrected chi connectivity index (χ2v) is 7.32. The monoisotopic (exact) mass is 361 g/mol. The molecule has 0 aliphatic heterocycles. The molecule has 1 aliphatic carbocycles. The van der Waals surface area contributed by atoms with E-state index in [9.17, 15) is 13.2 Å². The van der Waals surface area contributed by atoms with Crippen molar-refractivity contribution in [2.24, 2.45) is 11.1 Å². The molecule has 110 valence electrons. The van der Waals surface area contributed by atoms with Gasteiger partial charge in [0.15, 0.2) is 0 Å². The number of ether oxygens (including phenoxy) is 1. The second kappa shape index (κ2) is 6.24.